The topological polar surface area (TPSA) is 37.4 Å². The van der Waals surface area contributed by atoms with Crippen LogP contribution in [0.1, 0.15) is 0 Å². The molecule has 1 fully saturated rings. The normalized spacial score (nSPS) is 16.6. The zero-order chi connectivity index (χ0) is 11.4. The summed E-state index contributed by atoms with van der Waals surface area (Å²) in [5, 5.41) is 3.22. The fraction of sp³-hybridized carbons (Fsp3) is 0.500. The van der Waals surface area contributed by atoms with Gasteiger partial charge in [-0.25, -0.2) is 0 Å². The summed E-state index contributed by atoms with van der Waals surface area (Å²) in [5.74, 6) is 0.103. The first kappa shape index (κ1) is 11.1. The molecule has 1 saturated heterocycles. The summed E-state index contributed by atoms with van der Waals surface area (Å²) in [7, 11) is 0. The molecule has 0 radical (unpaired) electrons. The SMILES string of the molecule is FC(F)Oc1cncc(N2CCNCC2)c1. The number of alkyl halides is 2. The number of nitrogens with one attached hydrogen (secondary N) is 1. The van der Waals surface area contributed by atoms with Gasteiger partial charge in [-0.3, -0.25) is 4.98 Å². The number of hydrogen-bond donors (Lipinski definition) is 1. The second kappa shape index (κ2) is 5.07. The third kappa shape index (κ3) is 2.79. The molecule has 0 bridgehead atoms. The third-order valence-electron chi connectivity index (χ3n) is 2.41. The van der Waals surface area contributed by atoms with Crippen molar-refractivity contribution in [3.63, 3.8) is 0 Å². The van der Waals surface area contributed by atoms with E-state index >= 15 is 0 Å². The molecule has 1 aliphatic rings. The number of rotatable bonds is 3. The highest BCUT2D eigenvalue weighted by Gasteiger charge is 2.12. The third-order valence-corrected chi connectivity index (χ3v) is 2.41. The van der Waals surface area contributed by atoms with Gasteiger partial charge in [0.05, 0.1) is 18.1 Å². The first-order valence-corrected chi connectivity index (χ1v) is 5.11. The molecule has 0 atom stereocenters. The van der Waals surface area contributed by atoms with E-state index in [0.717, 1.165) is 31.9 Å². The number of halogens is 2. The molecule has 1 aromatic rings. The fourth-order valence-electron chi connectivity index (χ4n) is 1.67. The van der Waals surface area contributed by atoms with Crippen LogP contribution in [0.3, 0.4) is 0 Å². The Morgan fingerprint density at radius 1 is 1.31 bits per heavy atom. The Balaban J connectivity index is 2.08. The number of ether oxygens (including phenoxy) is 1. The van der Waals surface area contributed by atoms with Gasteiger partial charge in [0.1, 0.15) is 5.75 Å². The molecular weight excluding hydrogens is 216 g/mol. The van der Waals surface area contributed by atoms with E-state index in [0.29, 0.717) is 0 Å². The molecule has 4 nitrogen and oxygen atoms in total. The number of anilines is 1. The van der Waals surface area contributed by atoms with Crippen molar-refractivity contribution in [2.24, 2.45) is 0 Å². The van der Waals surface area contributed by atoms with Crippen LogP contribution in [0.25, 0.3) is 0 Å². The van der Waals surface area contributed by atoms with E-state index in [1.165, 1.54) is 6.20 Å². The maximum Gasteiger partial charge on any atom is 0.387 e. The number of pyridine rings is 1. The summed E-state index contributed by atoms with van der Waals surface area (Å²) in [6.07, 6.45) is 2.95. The molecule has 16 heavy (non-hydrogen) atoms. The van der Waals surface area contributed by atoms with Crippen LogP contribution in [0.5, 0.6) is 5.75 Å². The molecule has 0 saturated carbocycles. The van der Waals surface area contributed by atoms with Crippen molar-refractivity contribution in [3.8, 4) is 5.75 Å². The molecule has 6 heteroatoms. The number of aromatic nitrogens is 1. The van der Waals surface area contributed by atoms with Crippen LogP contribution in [-0.4, -0.2) is 37.8 Å². The predicted octanol–water partition coefficient (Wildman–Crippen LogP) is 1.09. The molecule has 0 aliphatic carbocycles. The Bertz CT molecular complexity index is 343. The van der Waals surface area contributed by atoms with Gasteiger partial charge < -0.3 is 15.0 Å². The van der Waals surface area contributed by atoms with Crippen molar-refractivity contribution in [1.29, 1.82) is 0 Å². The lowest BCUT2D eigenvalue weighted by molar-refractivity contribution is -0.0500. The first-order valence-electron chi connectivity index (χ1n) is 5.11. The second-order valence-electron chi connectivity index (χ2n) is 3.49. The van der Waals surface area contributed by atoms with Crippen molar-refractivity contribution in [1.82, 2.24) is 10.3 Å². The number of nitrogens with zero attached hydrogens (tertiary/aromatic N) is 2. The first-order chi connectivity index (χ1) is 7.75. The van der Waals surface area contributed by atoms with E-state index in [4.69, 9.17) is 0 Å². The molecule has 0 spiro atoms. The van der Waals surface area contributed by atoms with Crippen molar-refractivity contribution in [2.75, 3.05) is 31.1 Å². The Kier molecular flexibility index (Phi) is 3.51. The minimum absolute atomic E-state index is 0.103. The van der Waals surface area contributed by atoms with Crippen LogP contribution in [0, 0.1) is 0 Å². The zero-order valence-corrected chi connectivity index (χ0v) is 8.70. The maximum atomic E-state index is 12.0. The molecule has 1 aliphatic heterocycles. The minimum atomic E-state index is -2.81. The van der Waals surface area contributed by atoms with Crippen LogP contribution < -0.4 is 15.0 Å². The Hall–Kier alpha value is -1.43. The van der Waals surface area contributed by atoms with Crippen LogP contribution in [-0.2, 0) is 0 Å². The minimum Gasteiger partial charge on any atom is -0.433 e. The lowest BCUT2D eigenvalue weighted by atomic mass is 10.3. The highest BCUT2D eigenvalue weighted by Crippen LogP contribution is 2.21. The summed E-state index contributed by atoms with van der Waals surface area (Å²) < 4.78 is 28.3. The van der Waals surface area contributed by atoms with Gasteiger partial charge in [-0.05, 0) is 0 Å². The summed E-state index contributed by atoms with van der Waals surface area (Å²) in [6, 6.07) is 1.59. The van der Waals surface area contributed by atoms with E-state index in [9.17, 15) is 8.78 Å². The van der Waals surface area contributed by atoms with Crippen LogP contribution >= 0.6 is 0 Å². The van der Waals surface area contributed by atoms with Crippen LogP contribution in [0.4, 0.5) is 14.5 Å². The van der Waals surface area contributed by atoms with Gasteiger partial charge in [0.2, 0.25) is 0 Å². The van der Waals surface area contributed by atoms with E-state index < -0.39 is 6.61 Å². The molecule has 1 N–H and O–H groups in total. The lowest BCUT2D eigenvalue weighted by Crippen LogP contribution is -2.43. The van der Waals surface area contributed by atoms with Gasteiger partial charge in [0.25, 0.3) is 0 Å². The highest BCUT2D eigenvalue weighted by atomic mass is 19.3. The Labute approximate surface area is 92.2 Å². The van der Waals surface area contributed by atoms with Crippen LogP contribution in [0.15, 0.2) is 18.5 Å². The molecule has 88 valence electrons. The highest BCUT2D eigenvalue weighted by molar-refractivity contribution is 5.48. The lowest BCUT2D eigenvalue weighted by Gasteiger charge is -2.29. The Morgan fingerprint density at radius 2 is 2.06 bits per heavy atom. The van der Waals surface area contributed by atoms with E-state index in [-0.39, 0.29) is 5.75 Å². The van der Waals surface area contributed by atoms with Gasteiger partial charge in [0.15, 0.2) is 0 Å². The van der Waals surface area contributed by atoms with Gasteiger partial charge >= 0.3 is 6.61 Å². The summed E-state index contributed by atoms with van der Waals surface area (Å²) >= 11 is 0. The molecular formula is C10H13F2N3O. The predicted molar refractivity (Wildman–Crippen MR) is 56.0 cm³/mol. The second-order valence-corrected chi connectivity index (χ2v) is 3.49. The average Bonchev–Trinajstić information content (AvgIpc) is 2.30. The molecule has 0 aromatic carbocycles. The summed E-state index contributed by atoms with van der Waals surface area (Å²) in [6.45, 7) is 0.666. The zero-order valence-electron chi connectivity index (χ0n) is 8.70. The molecule has 0 unspecified atom stereocenters. The molecule has 2 rings (SSSR count). The van der Waals surface area contributed by atoms with Gasteiger partial charge in [0, 0.05) is 32.2 Å². The molecule has 0 amide bonds. The van der Waals surface area contributed by atoms with Crippen molar-refractivity contribution < 1.29 is 13.5 Å². The number of hydrogen-bond acceptors (Lipinski definition) is 4. The average molecular weight is 229 g/mol. The smallest absolute Gasteiger partial charge is 0.387 e. The monoisotopic (exact) mass is 229 g/mol. The standard InChI is InChI=1S/C10H13F2N3O/c11-10(12)16-9-5-8(6-14-7-9)15-3-1-13-2-4-15/h5-7,10,13H,1-4H2. The van der Waals surface area contributed by atoms with Crippen molar-refractivity contribution in [3.05, 3.63) is 18.5 Å². The summed E-state index contributed by atoms with van der Waals surface area (Å²) in [5.41, 5.74) is 0.819. The van der Waals surface area contributed by atoms with Crippen LogP contribution in [0.2, 0.25) is 0 Å². The van der Waals surface area contributed by atoms with Crippen molar-refractivity contribution >= 4 is 5.69 Å². The fourth-order valence-corrected chi connectivity index (χ4v) is 1.67. The maximum absolute atomic E-state index is 12.0. The van der Waals surface area contributed by atoms with Gasteiger partial charge in [-0.15, -0.1) is 0 Å². The quantitative estimate of drug-likeness (QED) is 0.842. The number of piperazine rings is 1. The van der Waals surface area contributed by atoms with Gasteiger partial charge in [-0.1, -0.05) is 0 Å². The Morgan fingerprint density at radius 3 is 2.75 bits per heavy atom. The van der Waals surface area contributed by atoms with Gasteiger partial charge in [-0.2, -0.15) is 8.78 Å². The van der Waals surface area contributed by atoms with E-state index in [1.54, 1.807) is 12.3 Å². The van der Waals surface area contributed by atoms with E-state index in [2.05, 4.69) is 19.9 Å². The van der Waals surface area contributed by atoms with Crippen molar-refractivity contribution in [2.45, 2.75) is 6.61 Å². The van der Waals surface area contributed by atoms with E-state index in [1.807, 2.05) is 0 Å². The largest absolute Gasteiger partial charge is 0.433 e. The molecule has 1 aromatic heterocycles. The summed E-state index contributed by atoms with van der Waals surface area (Å²) in [4.78, 5) is 5.98. The molecule has 2 heterocycles.